The van der Waals surface area contributed by atoms with Crippen LogP contribution in [0.25, 0.3) is 11.0 Å². The van der Waals surface area contributed by atoms with Crippen LogP contribution >= 0.6 is 11.5 Å². The van der Waals surface area contributed by atoms with Crippen molar-refractivity contribution in [1.82, 2.24) is 24.8 Å². The van der Waals surface area contributed by atoms with Gasteiger partial charge in [-0.15, -0.1) is 0 Å². The van der Waals surface area contributed by atoms with Crippen LogP contribution in [0.5, 0.6) is 0 Å². The molecule has 2 N–H and O–H groups in total. The van der Waals surface area contributed by atoms with E-state index >= 15 is 0 Å². The van der Waals surface area contributed by atoms with Crippen molar-refractivity contribution in [3.63, 3.8) is 0 Å². The Morgan fingerprint density at radius 3 is 2.94 bits per heavy atom. The van der Waals surface area contributed by atoms with Gasteiger partial charge in [-0.2, -0.15) is 0 Å². The Balaban J connectivity index is 1.88. The third-order valence-electron chi connectivity index (χ3n) is 2.62. The van der Waals surface area contributed by atoms with E-state index in [1.54, 1.807) is 0 Å². The van der Waals surface area contributed by atoms with E-state index < -0.39 is 0 Å². The summed E-state index contributed by atoms with van der Waals surface area (Å²) < 4.78 is 3.72. The van der Waals surface area contributed by atoms with Crippen LogP contribution in [-0.2, 0) is 6.54 Å². The number of hydrogen-bond donors (Lipinski definition) is 2. The molecule has 0 saturated heterocycles. The second-order valence-electron chi connectivity index (χ2n) is 3.96. The predicted octanol–water partition coefficient (Wildman–Crippen LogP) is 0.739. The van der Waals surface area contributed by atoms with Crippen molar-refractivity contribution < 1.29 is 0 Å². The summed E-state index contributed by atoms with van der Waals surface area (Å²) in [7, 11) is 1.92. The summed E-state index contributed by atoms with van der Waals surface area (Å²) in [6.07, 6.45) is 0. The molecule has 0 amide bonds. The summed E-state index contributed by atoms with van der Waals surface area (Å²) in [6, 6.07) is 5.80. The van der Waals surface area contributed by atoms with Gasteiger partial charge in [-0.05, 0) is 22.9 Å². The van der Waals surface area contributed by atoms with Gasteiger partial charge in [0.05, 0.1) is 11.0 Å². The number of aromatic amines is 2. The van der Waals surface area contributed by atoms with Crippen molar-refractivity contribution in [2.75, 3.05) is 11.9 Å². The van der Waals surface area contributed by atoms with E-state index in [2.05, 4.69) is 24.8 Å². The summed E-state index contributed by atoms with van der Waals surface area (Å²) in [6.45, 7) is 0.681. The number of imidazole rings is 1. The Morgan fingerprint density at radius 1 is 1.33 bits per heavy atom. The summed E-state index contributed by atoms with van der Waals surface area (Å²) >= 11 is 1.25. The van der Waals surface area contributed by atoms with Crippen LogP contribution in [0.3, 0.4) is 0 Å². The Bertz CT molecular complexity index is 715. The Kier molecular flexibility index (Phi) is 2.56. The zero-order chi connectivity index (χ0) is 12.5. The van der Waals surface area contributed by atoms with Crippen molar-refractivity contribution in [2.45, 2.75) is 6.54 Å². The molecule has 0 aliphatic rings. The molecule has 7 nitrogen and oxygen atoms in total. The van der Waals surface area contributed by atoms with Crippen molar-refractivity contribution in [3.8, 4) is 0 Å². The molecule has 0 atom stereocenters. The normalized spacial score (nSPS) is 10.9. The van der Waals surface area contributed by atoms with E-state index in [0.717, 1.165) is 21.7 Å². The highest BCUT2D eigenvalue weighted by atomic mass is 32.1. The molecule has 18 heavy (non-hydrogen) atoms. The molecular formula is C10H10N6OS. The molecule has 0 spiro atoms. The highest BCUT2D eigenvalue weighted by Gasteiger charge is 2.07. The molecule has 0 fully saturated rings. The zero-order valence-corrected chi connectivity index (χ0v) is 10.4. The Hall–Kier alpha value is -2.22. The van der Waals surface area contributed by atoms with Crippen molar-refractivity contribution in [3.05, 3.63) is 34.2 Å². The van der Waals surface area contributed by atoms with Gasteiger partial charge in [0.2, 0.25) is 5.13 Å². The largest absolute Gasteiger partial charge is 0.344 e. The summed E-state index contributed by atoms with van der Waals surface area (Å²) in [5.41, 5.74) is 2.50. The van der Waals surface area contributed by atoms with E-state index in [1.165, 1.54) is 11.5 Å². The molecule has 3 rings (SSSR count). The lowest BCUT2D eigenvalue weighted by molar-refractivity contribution is 0.874. The maximum absolute atomic E-state index is 11.2. The second-order valence-corrected chi connectivity index (χ2v) is 4.67. The number of nitrogens with one attached hydrogen (secondary N) is 2. The van der Waals surface area contributed by atoms with Gasteiger partial charge in [0.1, 0.15) is 0 Å². The number of aromatic nitrogens is 5. The molecule has 0 radical (unpaired) electrons. The predicted molar refractivity (Wildman–Crippen MR) is 68.7 cm³/mol. The lowest BCUT2D eigenvalue weighted by Gasteiger charge is -2.14. The third kappa shape index (κ3) is 1.97. The van der Waals surface area contributed by atoms with E-state index in [9.17, 15) is 4.79 Å². The molecule has 0 bridgehead atoms. The van der Waals surface area contributed by atoms with Gasteiger partial charge in [0, 0.05) is 25.1 Å². The minimum atomic E-state index is -0.191. The minimum Gasteiger partial charge on any atom is -0.344 e. The smallest absolute Gasteiger partial charge is 0.323 e. The van der Waals surface area contributed by atoms with Crippen LogP contribution in [0.15, 0.2) is 23.0 Å². The van der Waals surface area contributed by atoms with Crippen LogP contribution in [0, 0.1) is 0 Å². The fourth-order valence-electron chi connectivity index (χ4n) is 1.80. The van der Waals surface area contributed by atoms with Crippen molar-refractivity contribution >= 4 is 27.7 Å². The van der Waals surface area contributed by atoms with E-state index in [-0.39, 0.29) is 5.69 Å². The van der Waals surface area contributed by atoms with Gasteiger partial charge in [-0.25, -0.2) is 4.79 Å². The Labute approximate surface area is 106 Å². The molecule has 8 heteroatoms. The lowest BCUT2D eigenvalue weighted by Crippen LogP contribution is -2.16. The van der Waals surface area contributed by atoms with Gasteiger partial charge in [-0.3, -0.25) is 0 Å². The topological polar surface area (TPSA) is 90.6 Å². The van der Waals surface area contributed by atoms with Gasteiger partial charge in [0.25, 0.3) is 0 Å². The number of H-pyrrole nitrogens is 2. The average Bonchev–Trinajstić information content (AvgIpc) is 2.95. The quantitative estimate of drug-likeness (QED) is 0.726. The van der Waals surface area contributed by atoms with Crippen LogP contribution in [0.4, 0.5) is 5.13 Å². The lowest BCUT2D eigenvalue weighted by atomic mass is 10.2. The number of fused-ring (bicyclic) bond motifs is 1. The van der Waals surface area contributed by atoms with Crippen LogP contribution in [0.1, 0.15) is 5.56 Å². The van der Waals surface area contributed by atoms with Gasteiger partial charge in [-0.1, -0.05) is 15.7 Å². The number of benzene rings is 1. The molecule has 0 saturated carbocycles. The molecule has 1 aromatic carbocycles. The van der Waals surface area contributed by atoms with E-state index in [0.29, 0.717) is 6.54 Å². The summed E-state index contributed by atoms with van der Waals surface area (Å²) in [5.74, 6) is 0. The number of nitrogens with zero attached hydrogens (tertiary/aromatic N) is 4. The van der Waals surface area contributed by atoms with Crippen molar-refractivity contribution in [1.29, 1.82) is 0 Å². The van der Waals surface area contributed by atoms with Gasteiger partial charge in [0.15, 0.2) is 0 Å². The maximum Gasteiger partial charge on any atom is 0.323 e. The molecule has 0 aliphatic carbocycles. The molecule has 0 unspecified atom stereocenters. The zero-order valence-electron chi connectivity index (χ0n) is 9.54. The van der Waals surface area contributed by atoms with E-state index in [1.807, 2.05) is 30.1 Å². The van der Waals surface area contributed by atoms with Gasteiger partial charge >= 0.3 is 5.69 Å². The second kappa shape index (κ2) is 4.22. The van der Waals surface area contributed by atoms with Crippen LogP contribution in [-0.4, -0.2) is 31.8 Å². The molecular weight excluding hydrogens is 252 g/mol. The number of rotatable bonds is 3. The van der Waals surface area contributed by atoms with Crippen molar-refractivity contribution in [2.24, 2.45) is 0 Å². The van der Waals surface area contributed by atoms with Gasteiger partial charge < -0.3 is 14.9 Å². The first-order chi connectivity index (χ1) is 8.72. The van der Waals surface area contributed by atoms with Crippen LogP contribution < -0.4 is 10.6 Å². The third-order valence-corrected chi connectivity index (χ3v) is 3.33. The first-order valence-corrected chi connectivity index (χ1v) is 6.07. The fraction of sp³-hybridized carbons (Fsp3) is 0.200. The Morgan fingerprint density at radius 2 is 2.17 bits per heavy atom. The van der Waals surface area contributed by atoms with Crippen LogP contribution in [0.2, 0.25) is 0 Å². The van der Waals surface area contributed by atoms with E-state index in [4.69, 9.17) is 0 Å². The number of anilines is 1. The molecule has 92 valence electrons. The molecule has 0 aliphatic heterocycles. The molecule has 2 aromatic heterocycles. The first-order valence-electron chi connectivity index (χ1n) is 5.29. The number of hydrogen-bond acceptors (Lipinski definition) is 6. The average molecular weight is 262 g/mol. The highest BCUT2D eigenvalue weighted by molar-refractivity contribution is 7.09. The highest BCUT2D eigenvalue weighted by Crippen LogP contribution is 2.16. The molecule has 2 heterocycles. The SMILES string of the molecule is CN(Cc1ccc2[nH]c(=O)[nH]c2c1)c1nnns1. The maximum atomic E-state index is 11.2. The minimum absolute atomic E-state index is 0.191. The monoisotopic (exact) mass is 262 g/mol. The first kappa shape index (κ1) is 10.9. The fourth-order valence-corrected chi connectivity index (χ4v) is 2.22. The summed E-state index contributed by atoms with van der Waals surface area (Å²) in [4.78, 5) is 18.6. The summed E-state index contributed by atoms with van der Waals surface area (Å²) in [5, 5.41) is 8.22. The molecule has 3 aromatic rings. The standard InChI is InChI=1S/C10H10N6OS/c1-16(10-13-14-15-18-10)5-6-2-3-7-8(4-6)12-9(17)11-7/h2-4H,5H2,1H3,(H2,11,12,17).